The van der Waals surface area contributed by atoms with E-state index in [2.05, 4.69) is 10.2 Å². The molecule has 1 heterocycles. The van der Waals surface area contributed by atoms with Crippen LogP contribution >= 0.6 is 11.6 Å². The minimum atomic E-state index is 0.382. The van der Waals surface area contributed by atoms with Crippen molar-refractivity contribution < 1.29 is 4.74 Å². The number of rotatable bonds is 4. The molecule has 0 unspecified atom stereocenters. The first-order valence-corrected chi connectivity index (χ1v) is 5.36. The van der Waals surface area contributed by atoms with Gasteiger partial charge >= 0.3 is 0 Å². The Morgan fingerprint density at radius 2 is 2.31 bits per heavy atom. The third-order valence-electron chi connectivity index (χ3n) is 2.16. The number of benzene rings is 1. The zero-order valence-electron chi connectivity index (χ0n) is 8.93. The molecule has 84 valence electrons. The number of nitrogens with zero attached hydrogens (tertiary/aromatic N) is 3. The second kappa shape index (κ2) is 4.99. The summed E-state index contributed by atoms with van der Waals surface area (Å²) in [5, 5.41) is 7.75. The van der Waals surface area contributed by atoms with Gasteiger partial charge in [0.15, 0.2) is 0 Å². The van der Waals surface area contributed by atoms with E-state index in [0.717, 1.165) is 5.75 Å². The topological polar surface area (TPSA) is 39.9 Å². The Labute approximate surface area is 98.8 Å². The number of halogens is 1. The third-order valence-corrected chi connectivity index (χ3v) is 2.45. The Morgan fingerprint density at radius 1 is 1.44 bits per heavy atom. The highest BCUT2D eigenvalue weighted by Gasteiger charge is 2.00. The van der Waals surface area contributed by atoms with Gasteiger partial charge in [-0.15, -0.1) is 10.2 Å². The maximum absolute atomic E-state index is 5.78. The van der Waals surface area contributed by atoms with Crippen molar-refractivity contribution in [2.24, 2.45) is 0 Å². The Hall–Kier alpha value is -1.55. The van der Waals surface area contributed by atoms with Crippen LogP contribution in [-0.4, -0.2) is 21.4 Å². The molecule has 1 aromatic heterocycles. The smallest absolute Gasteiger partial charge is 0.224 e. The van der Waals surface area contributed by atoms with Gasteiger partial charge < -0.3 is 9.30 Å². The van der Waals surface area contributed by atoms with Gasteiger partial charge in [-0.25, -0.2) is 0 Å². The van der Waals surface area contributed by atoms with Crippen LogP contribution in [0.1, 0.15) is 5.56 Å². The van der Waals surface area contributed by atoms with Crippen LogP contribution in [0, 0.1) is 6.92 Å². The van der Waals surface area contributed by atoms with Crippen molar-refractivity contribution in [3.8, 4) is 5.75 Å². The summed E-state index contributed by atoms with van der Waals surface area (Å²) in [5.41, 5.74) is 1.18. The molecule has 0 radical (unpaired) electrons. The Kier molecular flexibility index (Phi) is 3.41. The van der Waals surface area contributed by atoms with Crippen molar-refractivity contribution in [3.63, 3.8) is 0 Å². The van der Waals surface area contributed by atoms with Crippen LogP contribution in [0.25, 0.3) is 0 Å². The van der Waals surface area contributed by atoms with E-state index in [1.807, 2.05) is 31.2 Å². The van der Waals surface area contributed by atoms with Crippen LogP contribution in [-0.2, 0) is 6.54 Å². The lowest BCUT2D eigenvalue weighted by molar-refractivity contribution is 0.298. The molecule has 0 bridgehead atoms. The van der Waals surface area contributed by atoms with Crippen molar-refractivity contribution >= 4 is 11.6 Å². The summed E-state index contributed by atoms with van der Waals surface area (Å²) < 4.78 is 7.31. The molecule has 0 saturated heterocycles. The molecule has 0 N–H and O–H groups in total. The Bertz CT molecular complexity index is 470. The zero-order chi connectivity index (χ0) is 11.4. The maximum atomic E-state index is 5.78. The van der Waals surface area contributed by atoms with Crippen molar-refractivity contribution in [2.45, 2.75) is 13.5 Å². The molecule has 2 aromatic rings. The molecular formula is C11H12ClN3O. The number of hydrogen-bond donors (Lipinski definition) is 0. The molecule has 0 amide bonds. The molecule has 1 aromatic carbocycles. The average molecular weight is 238 g/mol. The monoisotopic (exact) mass is 237 g/mol. The molecule has 16 heavy (non-hydrogen) atoms. The van der Waals surface area contributed by atoms with Crippen LogP contribution in [0.5, 0.6) is 5.75 Å². The normalized spacial score (nSPS) is 10.4. The van der Waals surface area contributed by atoms with E-state index < -0.39 is 0 Å². The largest absolute Gasteiger partial charge is 0.492 e. The Morgan fingerprint density at radius 3 is 3.00 bits per heavy atom. The molecule has 0 atom stereocenters. The maximum Gasteiger partial charge on any atom is 0.224 e. The van der Waals surface area contributed by atoms with Gasteiger partial charge in [-0.05, 0) is 36.2 Å². The van der Waals surface area contributed by atoms with E-state index in [1.54, 1.807) is 10.9 Å². The molecule has 2 rings (SSSR count). The first-order valence-electron chi connectivity index (χ1n) is 4.98. The Balaban J connectivity index is 1.87. The van der Waals surface area contributed by atoms with E-state index in [-0.39, 0.29) is 0 Å². The van der Waals surface area contributed by atoms with Gasteiger partial charge in [-0.1, -0.05) is 12.1 Å². The molecule has 0 aliphatic carbocycles. The highest BCUT2D eigenvalue weighted by atomic mass is 35.5. The number of aryl methyl sites for hydroxylation is 1. The second-order valence-corrected chi connectivity index (χ2v) is 3.80. The summed E-state index contributed by atoms with van der Waals surface area (Å²) in [6.07, 6.45) is 1.59. The first-order chi connectivity index (χ1) is 7.75. The van der Waals surface area contributed by atoms with Gasteiger partial charge in [0, 0.05) is 0 Å². The van der Waals surface area contributed by atoms with Gasteiger partial charge in [-0.3, -0.25) is 0 Å². The average Bonchev–Trinajstić information content (AvgIpc) is 2.65. The summed E-state index contributed by atoms with van der Waals surface area (Å²) in [4.78, 5) is 0. The summed E-state index contributed by atoms with van der Waals surface area (Å²) in [7, 11) is 0. The fraction of sp³-hybridized carbons (Fsp3) is 0.273. The molecule has 0 saturated carbocycles. The number of ether oxygens (including phenoxy) is 1. The van der Waals surface area contributed by atoms with Crippen LogP contribution in [0.2, 0.25) is 5.28 Å². The van der Waals surface area contributed by atoms with Gasteiger partial charge in [0.25, 0.3) is 0 Å². The molecule has 0 aliphatic rings. The molecule has 0 fully saturated rings. The van der Waals surface area contributed by atoms with Crippen LogP contribution in [0.3, 0.4) is 0 Å². The number of hydrogen-bond acceptors (Lipinski definition) is 3. The second-order valence-electron chi connectivity index (χ2n) is 3.46. The van der Waals surface area contributed by atoms with Crippen LogP contribution < -0.4 is 4.74 Å². The number of aromatic nitrogens is 3. The lowest BCUT2D eigenvalue weighted by atomic mass is 10.2. The molecule has 5 heteroatoms. The predicted octanol–water partition coefficient (Wildman–Crippen LogP) is 2.32. The minimum Gasteiger partial charge on any atom is -0.492 e. The molecule has 4 nitrogen and oxygen atoms in total. The summed E-state index contributed by atoms with van der Waals surface area (Å²) in [5.74, 6) is 0.865. The highest BCUT2D eigenvalue weighted by molar-refractivity contribution is 6.28. The lowest BCUT2D eigenvalue weighted by Crippen LogP contribution is -2.07. The zero-order valence-corrected chi connectivity index (χ0v) is 9.68. The van der Waals surface area contributed by atoms with Crippen LogP contribution in [0.4, 0.5) is 0 Å². The fourth-order valence-electron chi connectivity index (χ4n) is 1.36. The minimum absolute atomic E-state index is 0.382. The fourth-order valence-corrected chi connectivity index (χ4v) is 1.53. The summed E-state index contributed by atoms with van der Waals surface area (Å²) >= 11 is 5.78. The molecule has 0 spiro atoms. The van der Waals surface area contributed by atoms with E-state index in [4.69, 9.17) is 16.3 Å². The SMILES string of the molecule is Cc1cccc(OCCn2cnnc2Cl)c1. The predicted molar refractivity (Wildman–Crippen MR) is 61.7 cm³/mol. The van der Waals surface area contributed by atoms with Crippen molar-refractivity contribution in [1.82, 2.24) is 14.8 Å². The van der Waals surface area contributed by atoms with E-state index in [1.165, 1.54) is 5.56 Å². The highest BCUT2D eigenvalue weighted by Crippen LogP contribution is 2.12. The standard InChI is InChI=1S/C11H12ClN3O/c1-9-3-2-4-10(7-9)16-6-5-15-8-13-14-11(15)12/h2-4,7-8H,5-6H2,1H3. The van der Waals surface area contributed by atoms with Crippen molar-refractivity contribution in [2.75, 3.05) is 6.61 Å². The van der Waals surface area contributed by atoms with E-state index in [9.17, 15) is 0 Å². The van der Waals surface area contributed by atoms with Gasteiger partial charge in [0.2, 0.25) is 5.28 Å². The van der Waals surface area contributed by atoms with Crippen molar-refractivity contribution in [1.29, 1.82) is 0 Å². The summed E-state index contributed by atoms with van der Waals surface area (Å²) in [6.45, 7) is 3.21. The van der Waals surface area contributed by atoms with E-state index >= 15 is 0 Å². The van der Waals surface area contributed by atoms with Gasteiger partial charge in [0.05, 0.1) is 6.54 Å². The first kappa shape index (κ1) is 11.0. The van der Waals surface area contributed by atoms with Crippen LogP contribution in [0.15, 0.2) is 30.6 Å². The van der Waals surface area contributed by atoms with E-state index in [0.29, 0.717) is 18.4 Å². The summed E-state index contributed by atoms with van der Waals surface area (Å²) in [6, 6.07) is 7.93. The van der Waals surface area contributed by atoms with Crippen molar-refractivity contribution in [3.05, 3.63) is 41.4 Å². The quantitative estimate of drug-likeness (QED) is 0.819. The molecular weight excluding hydrogens is 226 g/mol. The van der Waals surface area contributed by atoms with Gasteiger partial charge in [-0.2, -0.15) is 0 Å². The lowest BCUT2D eigenvalue weighted by Gasteiger charge is -2.07. The van der Waals surface area contributed by atoms with Gasteiger partial charge in [0.1, 0.15) is 18.7 Å². The molecule has 0 aliphatic heterocycles. The third kappa shape index (κ3) is 2.73.